The van der Waals surface area contributed by atoms with Crippen molar-refractivity contribution in [2.45, 2.75) is 31.7 Å². The van der Waals surface area contributed by atoms with Gasteiger partial charge in [0.25, 0.3) is 0 Å². The van der Waals surface area contributed by atoms with Crippen LogP contribution in [0.3, 0.4) is 0 Å². The predicted octanol–water partition coefficient (Wildman–Crippen LogP) is -0.0719. The van der Waals surface area contributed by atoms with Crippen LogP contribution in [0.4, 0.5) is 0 Å². The van der Waals surface area contributed by atoms with Crippen LogP contribution in [0.1, 0.15) is 30.9 Å². The molecule has 3 aliphatic rings. The second-order valence-corrected chi connectivity index (χ2v) is 8.98. The smallest absolute Gasteiger partial charge is 0.329 e. The molecule has 0 aliphatic carbocycles. The van der Waals surface area contributed by atoms with Crippen molar-refractivity contribution < 1.29 is 14.4 Å². The molecule has 3 aliphatic heterocycles. The van der Waals surface area contributed by atoms with Gasteiger partial charge in [-0.3, -0.25) is 28.8 Å². The summed E-state index contributed by atoms with van der Waals surface area (Å²) >= 11 is 0. The quantitative estimate of drug-likeness (QED) is 0.667. The van der Waals surface area contributed by atoms with Gasteiger partial charge in [-0.2, -0.15) is 0 Å². The topological polar surface area (TPSA) is 105 Å². The number of rotatable bonds is 4. The number of piperidine rings is 1. The molecule has 31 heavy (non-hydrogen) atoms. The third-order valence-corrected chi connectivity index (χ3v) is 7.05. The average Bonchev–Trinajstić information content (AvgIpc) is 3.41. The molecule has 3 fully saturated rings. The number of carbonyl (C=O) groups is 3. The first-order chi connectivity index (χ1) is 14.9. The van der Waals surface area contributed by atoms with Crippen molar-refractivity contribution in [3.63, 3.8) is 0 Å². The molecule has 3 unspecified atom stereocenters. The largest absolute Gasteiger partial charge is 0.342 e. The van der Waals surface area contributed by atoms with Gasteiger partial charge in [-0.25, -0.2) is 4.79 Å². The minimum Gasteiger partial charge on any atom is -0.342 e. The number of hydrogen-bond donors (Lipinski definition) is 2. The molecule has 1 aromatic heterocycles. The van der Waals surface area contributed by atoms with E-state index in [2.05, 4.69) is 10.6 Å². The highest BCUT2D eigenvalue weighted by Gasteiger charge is 2.37. The number of hydrogen-bond acceptors (Lipinski definition) is 5. The number of nitrogens with one attached hydrogen (secondary N) is 2. The number of amides is 3. The number of carbonyl (C=O) groups excluding carboxylic acids is 3. The Hall–Kier alpha value is -2.94. The molecule has 0 spiro atoms. The zero-order chi connectivity index (χ0) is 21.7. The molecular formula is C22H27N5O4. The summed E-state index contributed by atoms with van der Waals surface area (Å²) in [7, 11) is 1.68. The number of likely N-dealkylation sites (tertiary alicyclic amines) is 1. The van der Waals surface area contributed by atoms with E-state index >= 15 is 0 Å². The summed E-state index contributed by atoms with van der Waals surface area (Å²) in [5, 5.41) is 5.71. The van der Waals surface area contributed by atoms with Crippen LogP contribution in [0.2, 0.25) is 0 Å². The molecule has 0 bridgehead atoms. The molecule has 0 saturated carbocycles. The summed E-state index contributed by atoms with van der Waals surface area (Å²) in [4.78, 5) is 51.3. The van der Waals surface area contributed by atoms with Crippen molar-refractivity contribution in [2.24, 2.45) is 18.9 Å². The van der Waals surface area contributed by atoms with Gasteiger partial charge in [0.05, 0.1) is 11.0 Å². The molecule has 0 radical (unpaired) electrons. The lowest BCUT2D eigenvalue weighted by Crippen LogP contribution is -2.44. The third-order valence-electron chi connectivity index (χ3n) is 7.05. The van der Waals surface area contributed by atoms with Gasteiger partial charge in [0.2, 0.25) is 17.7 Å². The molecule has 2 aromatic rings. The monoisotopic (exact) mass is 425 g/mol. The molecule has 3 atom stereocenters. The Kier molecular flexibility index (Phi) is 4.92. The van der Waals surface area contributed by atoms with E-state index in [0.29, 0.717) is 36.6 Å². The van der Waals surface area contributed by atoms with E-state index in [-0.39, 0.29) is 23.9 Å². The van der Waals surface area contributed by atoms with Gasteiger partial charge in [-0.15, -0.1) is 0 Å². The minimum absolute atomic E-state index is 0.185. The number of imide groups is 1. The first-order valence-electron chi connectivity index (χ1n) is 10.9. The number of benzene rings is 1. The molecular weight excluding hydrogens is 398 g/mol. The SMILES string of the molecule is Cn1c(=O)n(C2CCC(=O)NC2=O)c2ccc(CCC(=O)N3CC4CNCC4C3)cc21. The van der Waals surface area contributed by atoms with Crippen LogP contribution >= 0.6 is 0 Å². The highest BCUT2D eigenvalue weighted by Crippen LogP contribution is 2.27. The number of nitrogens with zero attached hydrogens (tertiary/aromatic N) is 3. The van der Waals surface area contributed by atoms with Gasteiger partial charge in [-0.1, -0.05) is 6.07 Å². The van der Waals surface area contributed by atoms with E-state index in [4.69, 9.17) is 0 Å². The van der Waals surface area contributed by atoms with Gasteiger partial charge in [0.15, 0.2) is 0 Å². The minimum atomic E-state index is -0.689. The Morgan fingerprint density at radius 2 is 1.84 bits per heavy atom. The molecule has 4 heterocycles. The van der Waals surface area contributed by atoms with Crippen LogP contribution in [-0.2, 0) is 27.9 Å². The maximum Gasteiger partial charge on any atom is 0.329 e. The molecule has 2 N–H and O–H groups in total. The maximum atomic E-state index is 12.9. The number of aryl methyl sites for hydroxylation is 2. The summed E-state index contributed by atoms with van der Waals surface area (Å²) < 4.78 is 3.00. The second-order valence-electron chi connectivity index (χ2n) is 8.98. The molecule has 3 saturated heterocycles. The lowest BCUT2D eigenvalue weighted by Gasteiger charge is -2.21. The number of fused-ring (bicyclic) bond motifs is 2. The molecule has 164 valence electrons. The zero-order valence-electron chi connectivity index (χ0n) is 17.6. The van der Waals surface area contributed by atoms with E-state index in [0.717, 1.165) is 37.3 Å². The Morgan fingerprint density at radius 1 is 1.10 bits per heavy atom. The highest BCUT2D eigenvalue weighted by atomic mass is 16.2. The fraction of sp³-hybridized carbons (Fsp3) is 0.545. The van der Waals surface area contributed by atoms with Crippen molar-refractivity contribution in [3.8, 4) is 0 Å². The lowest BCUT2D eigenvalue weighted by molar-refractivity contribution is -0.135. The van der Waals surface area contributed by atoms with Crippen molar-refractivity contribution in [1.82, 2.24) is 24.7 Å². The van der Waals surface area contributed by atoms with Crippen LogP contribution in [0.5, 0.6) is 0 Å². The van der Waals surface area contributed by atoms with Crippen LogP contribution in [-0.4, -0.2) is 57.9 Å². The molecule has 9 heteroatoms. The summed E-state index contributed by atoms with van der Waals surface area (Å²) in [6.07, 6.45) is 1.58. The summed E-state index contributed by atoms with van der Waals surface area (Å²) in [5.74, 6) is 0.610. The lowest BCUT2D eigenvalue weighted by atomic mass is 10.0. The van der Waals surface area contributed by atoms with E-state index in [1.807, 2.05) is 23.1 Å². The highest BCUT2D eigenvalue weighted by molar-refractivity contribution is 6.00. The van der Waals surface area contributed by atoms with E-state index in [9.17, 15) is 19.2 Å². The Morgan fingerprint density at radius 3 is 2.55 bits per heavy atom. The fourth-order valence-corrected chi connectivity index (χ4v) is 5.26. The van der Waals surface area contributed by atoms with Gasteiger partial charge in [-0.05, 0) is 42.4 Å². The van der Waals surface area contributed by atoms with Crippen molar-refractivity contribution in [1.29, 1.82) is 0 Å². The van der Waals surface area contributed by atoms with Crippen molar-refractivity contribution >= 4 is 28.8 Å². The Bertz CT molecular complexity index is 1120. The third kappa shape index (κ3) is 3.46. The molecule has 3 amide bonds. The normalized spacial score (nSPS) is 25.8. The number of aromatic nitrogens is 2. The first kappa shape index (κ1) is 20.0. The average molecular weight is 425 g/mol. The van der Waals surface area contributed by atoms with Crippen LogP contribution in [0.25, 0.3) is 11.0 Å². The van der Waals surface area contributed by atoms with Crippen LogP contribution < -0.4 is 16.3 Å². The summed E-state index contributed by atoms with van der Waals surface area (Å²) in [6.45, 7) is 3.70. The van der Waals surface area contributed by atoms with Crippen LogP contribution in [0, 0.1) is 11.8 Å². The van der Waals surface area contributed by atoms with Gasteiger partial charge >= 0.3 is 5.69 Å². The Labute approximate surface area is 179 Å². The van der Waals surface area contributed by atoms with Gasteiger partial charge in [0, 0.05) is 46.1 Å². The first-order valence-corrected chi connectivity index (χ1v) is 10.9. The summed E-state index contributed by atoms with van der Waals surface area (Å²) in [6, 6.07) is 4.99. The van der Waals surface area contributed by atoms with Crippen molar-refractivity contribution in [2.75, 3.05) is 26.2 Å². The number of imidazole rings is 1. The van der Waals surface area contributed by atoms with Gasteiger partial charge < -0.3 is 10.2 Å². The van der Waals surface area contributed by atoms with Gasteiger partial charge in [0.1, 0.15) is 6.04 Å². The van der Waals surface area contributed by atoms with Crippen LogP contribution in [0.15, 0.2) is 23.0 Å². The molecule has 9 nitrogen and oxygen atoms in total. The zero-order valence-corrected chi connectivity index (χ0v) is 17.6. The fourth-order valence-electron chi connectivity index (χ4n) is 5.26. The molecule has 1 aromatic carbocycles. The second kappa shape index (κ2) is 7.64. The maximum absolute atomic E-state index is 12.9. The Balaban J connectivity index is 1.33. The molecule has 5 rings (SSSR count). The predicted molar refractivity (Wildman–Crippen MR) is 113 cm³/mol. The van der Waals surface area contributed by atoms with Crippen molar-refractivity contribution in [3.05, 3.63) is 34.2 Å². The van der Waals surface area contributed by atoms with E-state index in [1.165, 1.54) is 9.13 Å². The standard InChI is InChI=1S/C22H27N5O4/c1-25-18-8-13(3-7-20(29)26-11-14-9-23-10-15(14)12-26)2-4-16(18)27(22(25)31)17-5-6-19(28)24-21(17)30/h2,4,8,14-15,17,23H,3,5-7,9-12H2,1H3,(H,24,28,30). The van der Waals surface area contributed by atoms with E-state index < -0.39 is 11.9 Å². The van der Waals surface area contributed by atoms with E-state index in [1.54, 1.807) is 7.05 Å². The summed E-state index contributed by atoms with van der Waals surface area (Å²) in [5.41, 5.74) is 2.09.